The van der Waals surface area contributed by atoms with Crippen molar-refractivity contribution in [3.8, 4) is 17.2 Å². The van der Waals surface area contributed by atoms with Gasteiger partial charge >= 0.3 is 0 Å². The number of aryl methyl sites for hydroxylation is 1. The van der Waals surface area contributed by atoms with Gasteiger partial charge < -0.3 is 14.8 Å². The summed E-state index contributed by atoms with van der Waals surface area (Å²) in [5.74, 6) is 1.76. The van der Waals surface area contributed by atoms with Gasteiger partial charge in [0.2, 0.25) is 0 Å². The number of carbonyl (C=O) groups is 1. The van der Waals surface area contributed by atoms with E-state index in [0.29, 0.717) is 28.9 Å². The molecule has 1 aromatic heterocycles. The van der Waals surface area contributed by atoms with E-state index in [1.54, 1.807) is 20.3 Å². The smallest absolute Gasteiger partial charge is 0.253 e. The summed E-state index contributed by atoms with van der Waals surface area (Å²) in [4.78, 5) is 13.0. The minimum absolute atomic E-state index is 0.256. The Balaban J connectivity index is 1.49. The first-order chi connectivity index (χ1) is 18.9. The normalized spacial score (nSPS) is 12.1. The van der Waals surface area contributed by atoms with E-state index in [-0.39, 0.29) is 5.91 Å². The first-order valence-corrected chi connectivity index (χ1v) is 13.3. The highest BCUT2D eigenvalue weighted by Crippen LogP contribution is 2.27. The van der Waals surface area contributed by atoms with Crippen LogP contribution < -0.4 is 20.2 Å². The van der Waals surface area contributed by atoms with Crippen molar-refractivity contribution < 1.29 is 14.3 Å². The Bertz CT molecular complexity index is 1440. The fraction of sp³-hybridized carbons (Fsp3) is 0.241. The summed E-state index contributed by atoms with van der Waals surface area (Å²) in [5.41, 5.74) is 7.14. The quantitative estimate of drug-likeness (QED) is 0.151. The lowest BCUT2D eigenvalue weighted by Gasteiger charge is -2.14. The molecule has 0 fully saturated rings. The zero-order valence-electron chi connectivity index (χ0n) is 22.6. The highest BCUT2D eigenvalue weighted by molar-refractivity contribution is 8.00. The van der Waals surface area contributed by atoms with Crippen LogP contribution in [0, 0.1) is 6.92 Å². The summed E-state index contributed by atoms with van der Waals surface area (Å²) in [6, 6.07) is 23.5. The Hall–Kier alpha value is -4.31. The summed E-state index contributed by atoms with van der Waals surface area (Å²) < 4.78 is 12.7. The molecule has 4 aromatic rings. The van der Waals surface area contributed by atoms with E-state index in [0.717, 1.165) is 22.8 Å². The Kier molecular flexibility index (Phi) is 9.22. The second-order valence-electron chi connectivity index (χ2n) is 8.79. The van der Waals surface area contributed by atoms with Gasteiger partial charge in [0.25, 0.3) is 5.91 Å². The first-order valence-electron chi connectivity index (χ1n) is 12.4. The van der Waals surface area contributed by atoms with E-state index in [2.05, 4.69) is 45.1 Å². The number of benzene rings is 3. The number of methoxy groups -OCH3 is 2. The van der Waals surface area contributed by atoms with E-state index < -0.39 is 5.25 Å². The summed E-state index contributed by atoms with van der Waals surface area (Å²) in [5, 5.41) is 16.7. The molecule has 1 heterocycles. The van der Waals surface area contributed by atoms with Gasteiger partial charge in [0.05, 0.1) is 31.7 Å². The largest absolute Gasteiger partial charge is 0.497 e. The predicted octanol–water partition coefficient (Wildman–Crippen LogP) is 5.23. The van der Waals surface area contributed by atoms with E-state index in [1.165, 1.54) is 17.3 Å². The standard InChI is InChI=1S/C29H32N6O3S/c1-19-11-13-22(14-12-19)30-18-27-32-34-29(35(27)23-9-7-6-8-10-23)39-21(3)28(36)33-31-20(2)25-16-15-24(37-4)17-26(25)38-5/h6-17,21,30H,18H2,1-5H3,(H,33,36)/t21-/m0/s1. The maximum Gasteiger partial charge on any atom is 0.253 e. The third kappa shape index (κ3) is 6.97. The molecule has 0 unspecified atom stereocenters. The number of hydrogen-bond donors (Lipinski definition) is 2. The number of thioether (sulfide) groups is 1. The van der Waals surface area contributed by atoms with Crippen LogP contribution in [0.2, 0.25) is 0 Å². The lowest BCUT2D eigenvalue weighted by molar-refractivity contribution is -0.120. The second kappa shape index (κ2) is 13.0. The van der Waals surface area contributed by atoms with E-state index in [1.807, 2.05) is 73.0 Å². The molecule has 0 saturated heterocycles. The van der Waals surface area contributed by atoms with Crippen LogP contribution in [0.5, 0.6) is 11.5 Å². The molecule has 0 saturated carbocycles. The van der Waals surface area contributed by atoms with Crippen LogP contribution in [0.15, 0.2) is 83.1 Å². The van der Waals surface area contributed by atoms with E-state index >= 15 is 0 Å². The fourth-order valence-corrected chi connectivity index (χ4v) is 4.66. The number of nitrogens with one attached hydrogen (secondary N) is 2. The lowest BCUT2D eigenvalue weighted by atomic mass is 10.1. The summed E-state index contributed by atoms with van der Waals surface area (Å²) in [7, 11) is 3.17. The molecular weight excluding hydrogens is 512 g/mol. The van der Waals surface area contributed by atoms with Crippen molar-refractivity contribution in [2.45, 2.75) is 37.7 Å². The first kappa shape index (κ1) is 27.7. The molecule has 0 aliphatic heterocycles. The Morgan fingerprint density at radius 3 is 2.46 bits per heavy atom. The van der Waals surface area contributed by atoms with Crippen molar-refractivity contribution in [3.63, 3.8) is 0 Å². The summed E-state index contributed by atoms with van der Waals surface area (Å²) in [6.45, 7) is 6.15. The molecule has 1 amide bonds. The number of hydrogen-bond acceptors (Lipinski definition) is 8. The van der Waals surface area contributed by atoms with Crippen molar-refractivity contribution >= 4 is 29.1 Å². The van der Waals surface area contributed by atoms with Crippen LogP contribution in [-0.4, -0.2) is 45.9 Å². The van der Waals surface area contributed by atoms with E-state index in [4.69, 9.17) is 9.47 Å². The topological polar surface area (TPSA) is 103 Å². The number of nitrogens with zero attached hydrogens (tertiary/aromatic N) is 4. The zero-order valence-corrected chi connectivity index (χ0v) is 23.5. The number of para-hydroxylation sites is 1. The molecule has 39 heavy (non-hydrogen) atoms. The molecule has 202 valence electrons. The van der Waals surface area contributed by atoms with Crippen LogP contribution in [0.4, 0.5) is 5.69 Å². The maximum atomic E-state index is 13.0. The zero-order chi connectivity index (χ0) is 27.8. The van der Waals surface area contributed by atoms with Gasteiger partial charge in [-0.25, -0.2) is 5.43 Å². The van der Waals surface area contributed by atoms with Crippen LogP contribution in [0.25, 0.3) is 5.69 Å². The molecule has 3 aromatic carbocycles. The van der Waals surface area contributed by atoms with Gasteiger partial charge in [-0.1, -0.05) is 47.7 Å². The third-order valence-corrected chi connectivity index (χ3v) is 7.04. The fourth-order valence-electron chi connectivity index (χ4n) is 3.78. The minimum Gasteiger partial charge on any atom is -0.497 e. The molecular formula is C29H32N6O3S. The van der Waals surface area contributed by atoms with Crippen molar-refractivity contribution in [1.82, 2.24) is 20.2 Å². The molecule has 2 N–H and O–H groups in total. The van der Waals surface area contributed by atoms with Gasteiger partial charge in [-0.15, -0.1) is 10.2 Å². The van der Waals surface area contributed by atoms with Crippen LogP contribution >= 0.6 is 11.8 Å². The Labute approximate surface area is 232 Å². The van der Waals surface area contributed by atoms with Gasteiger partial charge in [-0.05, 0) is 57.2 Å². The van der Waals surface area contributed by atoms with Crippen LogP contribution in [-0.2, 0) is 11.3 Å². The second-order valence-corrected chi connectivity index (χ2v) is 10.1. The van der Waals surface area contributed by atoms with Gasteiger partial charge in [-0.3, -0.25) is 9.36 Å². The highest BCUT2D eigenvalue weighted by Gasteiger charge is 2.21. The Morgan fingerprint density at radius 1 is 1.03 bits per heavy atom. The monoisotopic (exact) mass is 544 g/mol. The molecule has 4 rings (SSSR count). The molecule has 0 spiro atoms. The van der Waals surface area contributed by atoms with Crippen LogP contribution in [0.3, 0.4) is 0 Å². The minimum atomic E-state index is -0.483. The third-order valence-electron chi connectivity index (χ3n) is 6.00. The van der Waals surface area contributed by atoms with E-state index in [9.17, 15) is 4.79 Å². The van der Waals surface area contributed by atoms with Gasteiger partial charge in [0, 0.05) is 23.0 Å². The summed E-state index contributed by atoms with van der Waals surface area (Å²) in [6.07, 6.45) is 0. The predicted molar refractivity (Wildman–Crippen MR) is 155 cm³/mol. The molecule has 1 atom stereocenters. The average molecular weight is 545 g/mol. The number of carbonyl (C=O) groups excluding carboxylic acids is 1. The van der Waals surface area contributed by atoms with Gasteiger partial charge in [-0.2, -0.15) is 5.10 Å². The molecule has 0 radical (unpaired) electrons. The Morgan fingerprint density at radius 2 is 1.77 bits per heavy atom. The molecule has 9 nitrogen and oxygen atoms in total. The SMILES string of the molecule is COc1ccc(C(C)=NNC(=O)[C@H](C)Sc2nnc(CNc3ccc(C)cc3)n2-c2ccccc2)c(OC)c1. The van der Waals surface area contributed by atoms with Crippen molar-refractivity contribution in [2.24, 2.45) is 5.10 Å². The number of hydrazone groups is 1. The van der Waals surface area contributed by atoms with Crippen molar-refractivity contribution in [1.29, 1.82) is 0 Å². The molecule has 10 heteroatoms. The highest BCUT2D eigenvalue weighted by atomic mass is 32.2. The molecule has 0 bridgehead atoms. The summed E-state index contributed by atoms with van der Waals surface area (Å²) >= 11 is 1.32. The van der Waals surface area contributed by atoms with Gasteiger partial charge in [0.15, 0.2) is 11.0 Å². The number of anilines is 1. The number of rotatable bonds is 11. The average Bonchev–Trinajstić information content (AvgIpc) is 3.37. The van der Waals surface area contributed by atoms with Crippen molar-refractivity contribution in [3.05, 3.63) is 89.7 Å². The van der Waals surface area contributed by atoms with Gasteiger partial charge in [0.1, 0.15) is 11.5 Å². The number of ether oxygens (including phenoxy) is 2. The lowest BCUT2D eigenvalue weighted by Crippen LogP contribution is -2.28. The molecule has 0 aliphatic carbocycles. The maximum absolute atomic E-state index is 13.0. The molecule has 0 aliphatic rings. The number of amides is 1. The van der Waals surface area contributed by atoms with Crippen LogP contribution in [0.1, 0.15) is 30.8 Å². The number of aromatic nitrogens is 3. The van der Waals surface area contributed by atoms with Crippen molar-refractivity contribution in [2.75, 3.05) is 19.5 Å².